The van der Waals surface area contributed by atoms with Gasteiger partial charge in [0.15, 0.2) is 0 Å². The molecule has 4 fully saturated rings. The lowest BCUT2D eigenvalue weighted by Gasteiger charge is -2.27. The molecule has 0 bridgehead atoms. The van der Waals surface area contributed by atoms with E-state index in [2.05, 4.69) is 12.2 Å². The SMILES string of the molecule is C[C@H]1C[C@@H]2C[C@@H]2[C@H]1N1C(=O)c2ccccc2C1=O.O=C(N[C@H]1C[C@@H]2C[C@@H]2[C@@H]1O)OCc1ccccc1. The van der Waals surface area contributed by atoms with E-state index in [0.717, 1.165) is 24.3 Å². The highest BCUT2D eigenvalue weighted by Crippen LogP contribution is 2.57. The van der Waals surface area contributed by atoms with E-state index in [9.17, 15) is 19.5 Å². The molecule has 0 unspecified atom stereocenters. The Morgan fingerprint density at radius 3 is 2.11 bits per heavy atom. The Morgan fingerprint density at radius 2 is 1.53 bits per heavy atom. The van der Waals surface area contributed by atoms with Gasteiger partial charge in [-0.1, -0.05) is 49.4 Å². The summed E-state index contributed by atoms with van der Waals surface area (Å²) < 4.78 is 5.13. The van der Waals surface area contributed by atoms with Crippen LogP contribution in [0.25, 0.3) is 0 Å². The first-order chi connectivity index (χ1) is 17.4. The van der Waals surface area contributed by atoms with Gasteiger partial charge in [0.25, 0.3) is 11.8 Å². The first-order valence-corrected chi connectivity index (χ1v) is 13.0. The molecule has 0 radical (unpaired) electrons. The van der Waals surface area contributed by atoms with Gasteiger partial charge in [0, 0.05) is 6.04 Å². The molecule has 1 aliphatic heterocycles. The standard InChI is InChI=1S/C15H15NO2.C14H17NO3/c1-8-6-9-7-12(9)13(8)16-14(17)10-4-2-3-5-11(10)15(16)18;16-13-11-6-10(11)7-12(13)15-14(17)18-8-9-4-2-1-3-5-9/h2-5,8-9,12-13H,6-7H2,1H3;1-5,10-13,16H,6-8H2,(H,15,17)/t8-,9+,12-,13-;10-,11-,12-,13-/m00/s1. The molecule has 4 aliphatic carbocycles. The molecule has 0 spiro atoms. The van der Waals surface area contributed by atoms with Gasteiger partial charge in [-0.05, 0) is 73.0 Å². The van der Waals surface area contributed by atoms with Crippen LogP contribution in [0.2, 0.25) is 0 Å². The van der Waals surface area contributed by atoms with Gasteiger partial charge in [-0.2, -0.15) is 0 Å². The summed E-state index contributed by atoms with van der Waals surface area (Å²) in [4.78, 5) is 38.0. The van der Waals surface area contributed by atoms with Crippen LogP contribution in [0.4, 0.5) is 4.79 Å². The average Bonchev–Trinajstić information content (AvgIpc) is 3.76. The number of aliphatic hydroxyl groups excluding tert-OH is 1. The Kier molecular flexibility index (Phi) is 5.83. The van der Waals surface area contributed by atoms with E-state index in [1.54, 1.807) is 17.0 Å². The van der Waals surface area contributed by atoms with E-state index < -0.39 is 6.09 Å². The first kappa shape index (κ1) is 23.2. The number of hydrogen-bond acceptors (Lipinski definition) is 5. The molecule has 0 saturated heterocycles. The zero-order valence-electron chi connectivity index (χ0n) is 20.4. The quantitative estimate of drug-likeness (QED) is 0.634. The smallest absolute Gasteiger partial charge is 0.407 e. The van der Waals surface area contributed by atoms with E-state index >= 15 is 0 Å². The third-order valence-electron chi connectivity index (χ3n) is 8.70. The molecule has 7 nitrogen and oxygen atoms in total. The highest BCUT2D eigenvalue weighted by molar-refractivity contribution is 6.21. The zero-order chi connectivity index (χ0) is 25.0. The largest absolute Gasteiger partial charge is 0.445 e. The first-order valence-electron chi connectivity index (χ1n) is 13.0. The van der Waals surface area contributed by atoms with E-state index in [-0.39, 0.29) is 36.6 Å². The van der Waals surface area contributed by atoms with Gasteiger partial charge in [0.2, 0.25) is 0 Å². The molecule has 7 heteroatoms. The highest BCUT2D eigenvalue weighted by Gasteiger charge is 2.57. The number of nitrogens with zero attached hydrogens (tertiary/aromatic N) is 1. The Bertz CT molecular complexity index is 1150. The number of imide groups is 1. The second kappa shape index (κ2) is 9.04. The average molecular weight is 489 g/mol. The van der Waals surface area contributed by atoms with Crippen molar-refractivity contribution in [2.24, 2.45) is 29.6 Å². The number of fused-ring (bicyclic) bond motifs is 3. The monoisotopic (exact) mass is 488 g/mol. The van der Waals surface area contributed by atoms with Gasteiger partial charge in [-0.25, -0.2) is 4.79 Å². The number of benzene rings is 2. The van der Waals surface area contributed by atoms with Crippen LogP contribution in [-0.4, -0.2) is 46.1 Å². The number of aliphatic hydroxyl groups is 1. The minimum Gasteiger partial charge on any atom is -0.445 e. The van der Waals surface area contributed by atoms with Crippen molar-refractivity contribution in [1.29, 1.82) is 0 Å². The predicted octanol–water partition coefficient (Wildman–Crippen LogP) is 4.01. The van der Waals surface area contributed by atoms with Crippen LogP contribution in [0.15, 0.2) is 54.6 Å². The Hall–Kier alpha value is -3.19. The molecule has 3 amide bonds. The number of nitrogens with one attached hydrogen (secondary N) is 1. The highest BCUT2D eigenvalue weighted by atomic mass is 16.5. The lowest BCUT2D eigenvalue weighted by molar-refractivity contribution is 0.0530. The number of alkyl carbamates (subject to hydrolysis) is 1. The molecule has 5 aliphatic rings. The fourth-order valence-corrected chi connectivity index (χ4v) is 6.71. The topological polar surface area (TPSA) is 95.9 Å². The molecular weight excluding hydrogens is 456 g/mol. The van der Waals surface area contributed by atoms with Crippen LogP contribution in [0.1, 0.15) is 58.9 Å². The maximum Gasteiger partial charge on any atom is 0.407 e. The molecule has 4 saturated carbocycles. The molecule has 8 atom stereocenters. The zero-order valence-corrected chi connectivity index (χ0v) is 20.4. The van der Waals surface area contributed by atoms with Crippen LogP contribution in [0.5, 0.6) is 0 Å². The van der Waals surface area contributed by atoms with Gasteiger partial charge in [-0.3, -0.25) is 14.5 Å². The number of carbonyl (C=O) groups is 3. The van der Waals surface area contributed by atoms with E-state index in [0.29, 0.717) is 34.8 Å². The molecule has 2 aromatic rings. The van der Waals surface area contributed by atoms with Gasteiger partial charge in [-0.15, -0.1) is 0 Å². The molecular formula is C29H32N2O5. The number of carbonyl (C=O) groups excluding carboxylic acids is 3. The van der Waals surface area contributed by atoms with Crippen LogP contribution >= 0.6 is 0 Å². The maximum atomic E-state index is 12.4. The summed E-state index contributed by atoms with van der Waals surface area (Å²) >= 11 is 0. The molecule has 0 aromatic heterocycles. The molecule has 188 valence electrons. The van der Waals surface area contributed by atoms with Crippen LogP contribution in [-0.2, 0) is 11.3 Å². The number of amides is 3. The van der Waals surface area contributed by atoms with Crippen molar-refractivity contribution < 1.29 is 24.2 Å². The van der Waals surface area contributed by atoms with Gasteiger partial charge in [0.05, 0.1) is 23.3 Å². The lowest BCUT2D eigenvalue weighted by atomic mass is 9.99. The molecule has 2 aromatic carbocycles. The van der Waals surface area contributed by atoms with Gasteiger partial charge >= 0.3 is 6.09 Å². The minimum absolute atomic E-state index is 0.0833. The fourth-order valence-electron chi connectivity index (χ4n) is 6.71. The summed E-state index contributed by atoms with van der Waals surface area (Å²) in [6.45, 7) is 2.43. The van der Waals surface area contributed by atoms with Crippen molar-refractivity contribution in [1.82, 2.24) is 10.2 Å². The maximum absolute atomic E-state index is 12.4. The van der Waals surface area contributed by atoms with Crippen LogP contribution < -0.4 is 5.32 Å². The Morgan fingerprint density at radius 1 is 0.917 bits per heavy atom. The van der Waals surface area contributed by atoms with Crippen molar-refractivity contribution in [3.63, 3.8) is 0 Å². The number of rotatable bonds is 4. The van der Waals surface area contributed by atoms with Crippen LogP contribution in [0.3, 0.4) is 0 Å². The Balaban J connectivity index is 0.000000133. The summed E-state index contributed by atoms with van der Waals surface area (Å²) in [6, 6.07) is 16.7. The molecule has 7 rings (SSSR count). The van der Waals surface area contributed by atoms with Crippen LogP contribution in [0, 0.1) is 29.6 Å². The van der Waals surface area contributed by atoms with Crippen molar-refractivity contribution in [3.8, 4) is 0 Å². The summed E-state index contributed by atoms with van der Waals surface area (Å²) in [5.41, 5.74) is 2.13. The van der Waals surface area contributed by atoms with E-state index in [4.69, 9.17) is 4.74 Å². The van der Waals surface area contributed by atoms with Crippen molar-refractivity contribution in [2.75, 3.05) is 0 Å². The van der Waals surface area contributed by atoms with Gasteiger partial charge < -0.3 is 15.2 Å². The molecule has 1 heterocycles. The van der Waals surface area contributed by atoms with E-state index in [1.165, 1.54) is 12.8 Å². The predicted molar refractivity (Wildman–Crippen MR) is 132 cm³/mol. The summed E-state index contributed by atoms with van der Waals surface area (Å²) in [5.74, 6) is 2.64. The lowest BCUT2D eigenvalue weighted by Crippen LogP contribution is -2.43. The van der Waals surface area contributed by atoms with E-state index in [1.807, 2.05) is 42.5 Å². The third-order valence-corrected chi connectivity index (χ3v) is 8.70. The summed E-state index contributed by atoms with van der Waals surface area (Å²) in [5, 5.41) is 12.6. The molecule has 2 N–H and O–H groups in total. The number of ether oxygens (including phenoxy) is 1. The van der Waals surface area contributed by atoms with Crippen molar-refractivity contribution in [2.45, 2.75) is 57.4 Å². The Labute approximate surface area is 210 Å². The van der Waals surface area contributed by atoms with Crippen molar-refractivity contribution in [3.05, 3.63) is 71.3 Å². The second-order valence-corrected chi connectivity index (χ2v) is 11.1. The minimum atomic E-state index is -0.441. The normalized spacial score (nSPS) is 34.8. The second-order valence-electron chi connectivity index (χ2n) is 11.1. The fraction of sp³-hybridized carbons (Fsp3) is 0.483. The third kappa shape index (κ3) is 4.19. The van der Waals surface area contributed by atoms with Gasteiger partial charge in [0.1, 0.15) is 6.61 Å². The summed E-state index contributed by atoms with van der Waals surface area (Å²) in [6.07, 6.45) is 3.53. The van der Waals surface area contributed by atoms with Crippen molar-refractivity contribution >= 4 is 17.9 Å². The number of hydrogen-bond donors (Lipinski definition) is 2. The summed E-state index contributed by atoms with van der Waals surface area (Å²) in [7, 11) is 0. The molecule has 36 heavy (non-hydrogen) atoms.